The number of amides is 2. The molecule has 0 aromatic heterocycles. The minimum Gasteiger partial charge on any atom is -0.483 e. The standard InChI is InChI=1S/C22H30N2O3/c1-2-19(23-21(25)15-17-9-3-4-10-17)18-11-5-6-12-20(18)27-16-22(26)24-13-7-8-14-24/h3,5-6,9,11-12,17,19H,2,4,7-8,10,13-16H2,1H3,(H,23,25)/t17-,19+/m1/s1. The molecule has 1 aromatic rings. The number of nitrogens with one attached hydrogen (secondary N) is 1. The number of carbonyl (C=O) groups is 2. The van der Waals surface area contributed by atoms with Gasteiger partial charge in [0.15, 0.2) is 6.61 Å². The molecule has 1 N–H and O–H groups in total. The molecule has 0 unspecified atom stereocenters. The minimum atomic E-state index is -0.110. The number of para-hydroxylation sites is 1. The molecular formula is C22H30N2O3. The van der Waals surface area contributed by atoms with E-state index in [-0.39, 0.29) is 24.5 Å². The lowest BCUT2D eigenvalue weighted by molar-refractivity contribution is -0.132. The van der Waals surface area contributed by atoms with Gasteiger partial charge in [0.1, 0.15) is 5.75 Å². The van der Waals surface area contributed by atoms with Gasteiger partial charge in [0.2, 0.25) is 5.91 Å². The van der Waals surface area contributed by atoms with E-state index in [4.69, 9.17) is 4.74 Å². The Morgan fingerprint density at radius 1 is 1.26 bits per heavy atom. The fourth-order valence-electron chi connectivity index (χ4n) is 3.85. The number of carbonyl (C=O) groups excluding carboxylic acids is 2. The third-order valence-electron chi connectivity index (χ3n) is 5.41. The molecule has 1 fully saturated rings. The van der Waals surface area contributed by atoms with Crippen LogP contribution in [-0.2, 0) is 9.59 Å². The van der Waals surface area contributed by atoms with Crippen molar-refractivity contribution in [3.63, 3.8) is 0 Å². The number of nitrogens with zero attached hydrogens (tertiary/aromatic N) is 1. The molecule has 146 valence electrons. The summed E-state index contributed by atoms with van der Waals surface area (Å²) in [7, 11) is 0. The van der Waals surface area contributed by atoms with Gasteiger partial charge in [-0.05, 0) is 44.1 Å². The van der Waals surface area contributed by atoms with Crippen LogP contribution in [0.25, 0.3) is 0 Å². The SMILES string of the molecule is CC[C@H](NC(=O)C[C@@H]1C=CCC1)c1ccccc1OCC(=O)N1CCCC1. The fourth-order valence-corrected chi connectivity index (χ4v) is 3.85. The molecule has 5 heteroatoms. The molecule has 2 amide bonds. The second-order valence-electron chi connectivity index (χ2n) is 7.41. The number of hydrogen-bond donors (Lipinski definition) is 1. The van der Waals surface area contributed by atoms with Crippen LogP contribution in [0.1, 0.15) is 57.1 Å². The monoisotopic (exact) mass is 370 g/mol. The van der Waals surface area contributed by atoms with Crippen LogP contribution in [0.15, 0.2) is 36.4 Å². The molecule has 1 heterocycles. The summed E-state index contributed by atoms with van der Waals surface area (Å²) in [5, 5.41) is 3.14. The maximum Gasteiger partial charge on any atom is 0.260 e. The van der Waals surface area contributed by atoms with E-state index in [0.717, 1.165) is 50.8 Å². The van der Waals surface area contributed by atoms with Crippen molar-refractivity contribution in [2.45, 2.75) is 51.5 Å². The average Bonchev–Trinajstić information content (AvgIpc) is 3.38. The van der Waals surface area contributed by atoms with Gasteiger partial charge in [-0.25, -0.2) is 0 Å². The maximum absolute atomic E-state index is 12.4. The molecule has 0 saturated carbocycles. The van der Waals surface area contributed by atoms with Crippen molar-refractivity contribution >= 4 is 11.8 Å². The quantitative estimate of drug-likeness (QED) is 0.711. The molecule has 0 spiro atoms. The largest absolute Gasteiger partial charge is 0.483 e. The summed E-state index contributed by atoms with van der Waals surface area (Å²) in [5.74, 6) is 1.14. The van der Waals surface area contributed by atoms with Gasteiger partial charge in [0.05, 0.1) is 6.04 Å². The Morgan fingerprint density at radius 2 is 2.04 bits per heavy atom. The zero-order chi connectivity index (χ0) is 19.1. The molecule has 27 heavy (non-hydrogen) atoms. The second kappa shape index (κ2) is 9.58. The molecule has 2 aliphatic rings. The van der Waals surface area contributed by atoms with E-state index in [9.17, 15) is 9.59 Å². The predicted molar refractivity (Wildman–Crippen MR) is 105 cm³/mol. The highest BCUT2D eigenvalue weighted by Crippen LogP contribution is 2.28. The topological polar surface area (TPSA) is 58.6 Å². The second-order valence-corrected chi connectivity index (χ2v) is 7.41. The van der Waals surface area contributed by atoms with Crippen molar-refractivity contribution in [2.75, 3.05) is 19.7 Å². The smallest absolute Gasteiger partial charge is 0.260 e. The highest BCUT2D eigenvalue weighted by atomic mass is 16.5. The van der Waals surface area contributed by atoms with Gasteiger partial charge in [0.25, 0.3) is 5.91 Å². The third kappa shape index (κ3) is 5.34. The van der Waals surface area contributed by atoms with Crippen molar-refractivity contribution < 1.29 is 14.3 Å². The van der Waals surface area contributed by atoms with Crippen molar-refractivity contribution in [1.29, 1.82) is 0 Å². The molecule has 0 radical (unpaired) electrons. The van der Waals surface area contributed by atoms with Crippen LogP contribution in [0, 0.1) is 5.92 Å². The Kier molecular flexibility index (Phi) is 6.91. The normalized spacial score (nSPS) is 19.9. The summed E-state index contributed by atoms with van der Waals surface area (Å²) in [5.41, 5.74) is 0.935. The summed E-state index contributed by atoms with van der Waals surface area (Å²) in [6.07, 6.45) is 9.86. The van der Waals surface area contributed by atoms with Crippen LogP contribution in [0.3, 0.4) is 0 Å². The summed E-state index contributed by atoms with van der Waals surface area (Å²) in [4.78, 5) is 26.6. The Labute approximate surface area is 161 Å². The number of ether oxygens (including phenoxy) is 1. The Morgan fingerprint density at radius 3 is 2.74 bits per heavy atom. The number of likely N-dealkylation sites (tertiary alicyclic amines) is 1. The lowest BCUT2D eigenvalue weighted by atomic mass is 10.0. The molecule has 1 aliphatic heterocycles. The molecule has 1 aromatic carbocycles. The van der Waals surface area contributed by atoms with Gasteiger partial charge < -0.3 is 15.0 Å². The van der Waals surface area contributed by atoms with Gasteiger partial charge in [-0.3, -0.25) is 9.59 Å². The summed E-state index contributed by atoms with van der Waals surface area (Å²) in [6, 6.07) is 7.58. The molecule has 1 aliphatic carbocycles. The first-order chi connectivity index (χ1) is 13.2. The Balaban J connectivity index is 1.60. The van der Waals surface area contributed by atoms with Crippen molar-refractivity contribution in [2.24, 2.45) is 5.92 Å². The van der Waals surface area contributed by atoms with Gasteiger partial charge >= 0.3 is 0 Å². The van der Waals surface area contributed by atoms with E-state index >= 15 is 0 Å². The van der Waals surface area contributed by atoms with E-state index in [1.165, 1.54) is 0 Å². The van der Waals surface area contributed by atoms with E-state index in [1.54, 1.807) is 0 Å². The minimum absolute atomic E-state index is 0.0346. The first-order valence-electron chi connectivity index (χ1n) is 10.1. The van der Waals surface area contributed by atoms with Gasteiger partial charge in [-0.2, -0.15) is 0 Å². The Hall–Kier alpha value is -2.30. The summed E-state index contributed by atoms with van der Waals surface area (Å²) in [6.45, 7) is 3.75. The molecule has 2 atom stereocenters. The first-order valence-corrected chi connectivity index (χ1v) is 10.1. The highest BCUT2D eigenvalue weighted by Gasteiger charge is 2.22. The molecule has 0 bridgehead atoms. The zero-order valence-electron chi connectivity index (χ0n) is 16.2. The van der Waals surface area contributed by atoms with Crippen molar-refractivity contribution in [3.8, 4) is 5.75 Å². The van der Waals surface area contributed by atoms with Crippen LogP contribution in [-0.4, -0.2) is 36.4 Å². The molecular weight excluding hydrogens is 340 g/mol. The van der Waals surface area contributed by atoms with E-state index in [1.807, 2.05) is 36.1 Å². The summed E-state index contributed by atoms with van der Waals surface area (Å²) >= 11 is 0. The van der Waals surface area contributed by atoms with Gasteiger partial charge in [-0.15, -0.1) is 0 Å². The van der Waals surface area contributed by atoms with Crippen molar-refractivity contribution in [1.82, 2.24) is 10.2 Å². The lowest BCUT2D eigenvalue weighted by Crippen LogP contribution is -2.33. The number of allylic oxidation sites excluding steroid dienone is 2. The zero-order valence-corrected chi connectivity index (χ0v) is 16.2. The maximum atomic E-state index is 12.4. The first kappa shape index (κ1) is 19.5. The fraction of sp³-hybridized carbons (Fsp3) is 0.545. The van der Waals surface area contributed by atoms with E-state index in [2.05, 4.69) is 17.5 Å². The van der Waals surface area contributed by atoms with Crippen LogP contribution < -0.4 is 10.1 Å². The van der Waals surface area contributed by atoms with Crippen LogP contribution in [0.2, 0.25) is 0 Å². The van der Waals surface area contributed by atoms with Crippen LogP contribution in [0.4, 0.5) is 0 Å². The summed E-state index contributed by atoms with van der Waals surface area (Å²) < 4.78 is 5.86. The van der Waals surface area contributed by atoms with Crippen LogP contribution >= 0.6 is 0 Å². The van der Waals surface area contributed by atoms with E-state index in [0.29, 0.717) is 18.1 Å². The Bertz CT molecular complexity index is 680. The van der Waals surface area contributed by atoms with Crippen LogP contribution in [0.5, 0.6) is 5.75 Å². The van der Waals surface area contributed by atoms with E-state index < -0.39 is 0 Å². The molecule has 3 rings (SSSR count). The average molecular weight is 370 g/mol. The molecule has 5 nitrogen and oxygen atoms in total. The number of hydrogen-bond acceptors (Lipinski definition) is 3. The molecule has 1 saturated heterocycles. The van der Waals surface area contributed by atoms with Gasteiger partial charge in [0, 0.05) is 25.1 Å². The third-order valence-corrected chi connectivity index (χ3v) is 5.41. The predicted octanol–water partition coefficient (Wildman–Crippen LogP) is 3.61. The number of rotatable bonds is 8. The van der Waals surface area contributed by atoms with Crippen molar-refractivity contribution in [3.05, 3.63) is 42.0 Å². The number of benzene rings is 1. The highest BCUT2D eigenvalue weighted by molar-refractivity contribution is 5.78. The lowest BCUT2D eigenvalue weighted by Gasteiger charge is -2.22. The van der Waals surface area contributed by atoms with Gasteiger partial charge in [-0.1, -0.05) is 37.3 Å².